The number of amides is 1. The minimum absolute atomic E-state index is 0.0981. The van der Waals surface area contributed by atoms with Crippen LogP contribution in [0.1, 0.15) is 29.3 Å². The average Bonchev–Trinajstić information content (AvgIpc) is 2.40. The molecule has 108 valence electrons. The largest absolute Gasteiger partial charge is 0.481 e. The Morgan fingerprint density at radius 2 is 2.10 bits per heavy atom. The van der Waals surface area contributed by atoms with Crippen LogP contribution in [0.4, 0.5) is 4.39 Å². The van der Waals surface area contributed by atoms with Gasteiger partial charge in [-0.3, -0.25) is 9.59 Å². The van der Waals surface area contributed by atoms with Crippen LogP contribution in [-0.4, -0.2) is 35.0 Å². The van der Waals surface area contributed by atoms with Gasteiger partial charge in [0, 0.05) is 18.7 Å². The molecule has 5 heteroatoms. The lowest BCUT2D eigenvalue weighted by molar-refractivity contribution is -0.145. The average molecular weight is 279 g/mol. The van der Waals surface area contributed by atoms with Crippen LogP contribution in [0, 0.1) is 24.6 Å². The number of carbonyl (C=O) groups is 2. The number of hydrogen-bond donors (Lipinski definition) is 1. The second-order valence-corrected chi connectivity index (χ2v) is 5.37. The molecule has 2 rings (SSSR count). The SMILES string of the molecule is Cc1c(F)cccc1C(=O)N1CC[C@H](C(=O)O)[C@H](C)C1. The summed E-state index contributed by atoms with van der Waals surface area (Å²) in [6.45, 7) is 4.20. The van der Waals surface area contributed by atoms with Crippen LogP contribution < -0.4 is 0 Å². The summed E-state index contributed by atoms with van der Waals surface area (Å²) in [7, 11) is 0. The van der Waals surface area contributed by atoms with Gasteiger partial charge in [-0.05, 0) is 37.0 Å². The molecule has 1 aromatic carbocycles. The van der Waals surface area contributed by atoms with Gasteiger partial charge in [0.25, 0.3) is 5.91 Å². The van der Waals surface area contributed by atoms with Gasteiger partial charge in [0.15, 0.2) is 0 Å². The number of nitrogens with zero attached hydrogens (tertiary/aromatic N) is 1. The Morgan fingerprint density at radius 1 is 1.40 bits per heavy atom. The number of carboxylic acids is 1. The van der Waals surface area contributed by atoms with Gasteiger partial charge in [0.1, 0.15) is 5.82 Å². The second-order valence-electron chi connectivity index (χ2n) is 5.37. The van der Waals surface area contributed by atoms with E-state index in [0.717, 1.165) is 0 Å². The van der Waals surface area contributed by atoms with Crippen molar-refractivity contribution in [2.75, 3.05) is 13.1 Å². The molecule has 0 radical (unpaired) electrons. The molecule has 1 aromatic rings. The predicted molar refractivity (Wildman–Crippen MR) is 71.9 cm³/mol. The van der Waals surface area contributed by atoms with E-state index in [-0.39, 0.29) is 11.8 Å². The Hall–Kier alpha value is -1.91. The Labute approximate surface area is 117 Å². The topological polar surface area (TPSA) is 57.6 Å². The van der Waals surface area contributed by atoms with Crippen molar-refractivity contribution >= 4 is 11.9 Å². The molecule has 1 amide bonds. The molecule has 0 aromatic heterocycles. The van der Waals surface area contributed by atoms with Crippen molar-refractivity contribution < 1.29 is 19.1 Å². The Bertz CT molecular complexity index is 544. The molecule has 20 heavy (non-hydrogen) atoms. The summed E-state index contributed by atoms with van der Waals surface area (Å²) in [4.78, 5) is 25.1. The molecular weight excluding hydrogens is 261 g/mol. The lowest BCUT2D eigenvalue weighted by atomic mass is 9.86. The number of carbonyl (C=O) groups excluding carboxylic acids is 1. The zero-order valence-electron chi connectivity index (χ0n) is 11.6. The van der Waals surface area contributed by atoms with E-state index in [1.54, 1.807) is 17.9 Å². The molecule has 4 nitrogen and oxygen atoms in total. The number of piperidine rings is 1. The van der Waals surface area contributed by atoms with E-state index in [1.807, 2.05) is 6.92 Å². The van der Waals surface area contributed by atoms with Crippen molar-refractivity contribution in [1.82, 2.24) is 4.90 Å². The predicted octanol–water partition coefficient (Wildman–Crippen LogP) is 2.32. The molecule has 0 aliphatic carbocycles. The normalized spacial score (nSPS) is 22.6. The van der Waals surface area contributed by atoms with Gasteiger partial charge < -0.3 is 10.0 Å². The summed E-state index contributed by atoms with van der Waals surface area (Å²) >= 11 is 0. The first-order chi connectivity index (χ1) is 9.41. The maximum Gasteiger partial charge on any atom is 0.306 e. The number of carboxylic acid groups (broad SMARTS) is 1. The fourth-order valence-corrected chi connectivity index (χ4v) is 2.71. The van der Waals surface area contributed by atoms with Crippen LogP contribution in [0.25, 0.3) is 0 Å². The van der Waals surface area contributed by atoms with E-state index in [4.69, 9.17) is 5.11 Å². The van der Waals surface area contributed by atoms with Crippen LogP contribution in [-0.2, 0) is 4.79 Å². The number of hydrogen-bond acceptors (Lipinski definition) is 2. The summed E-state index contributed by atoms with van der Waals surface area (Å²) in [5.74, 6) is -1.94. The summed E-state index contributed by atoms with van der Waals surface area (Å²) in [6, 6.07) is 4.45. The van der Waals surface area contributed by atoms with E-state index >= 15 is 0 Å². The highest BCUT2D eigenvalue weighted by molar-refractivity contribution is 5.95. The van der Waals surface area contributed by atoms with Gasteiger partial charge in [0.05, 0.1) is 5.92 Å². The zero-order chi connectivity index (χ0) is 14.9. The third kappa shape index (κ3) is 2.66. The van der Waals surface area contributed by atoms with Gasteiger partial charge in [-0.1, -0.05) is 13.0 Å². The molecule has 0 saturated carbocycles. The standard InChI is InChI=1S/C15H18FNO3/c1-9-8-17(7-6-11(9)15(19)20)14(18)12-4-3-5-13(16)10(12)2/h3-5,9,11H,6-8H2,1-2H3,(H,19,20)/t9-,11+/m1/s1. The number of rotatable bonds is 2. The second kappa shape index (κ2) is 5.61. The van der Waals surface area contributed by atoms with E-state index in [0.29, 0.717) is 30.6 Å². The maximum absolute atomic E-state index is 13.5. The van der Waals surface area contributed by atoms with Crippen molar-refractivity contribution in [3.8, 4) is 0 Å². The number of likely N-dealkylation sites (tertiary alicyclic amines) is 1. The minimum Gasteiger partial charge on any atom is -0.481 e. The number of halogens is 1. The van der Waals surface area contributed by atoms with E-state index in [1.165, 1.54) is 12.1 Å². The van der Waals surface area contributed by atoms with E-state index in [2.05, 4.69) is 0 Å². The third-order valence-electron chi connectivity index (χ3n) is 4.01. The molecule has 0 unspecified atom stereocenters. The molecule has 0 spiro atoms. The Kier molecular flexibility index (Phi) is 4.06. The number of benzene rings is 1. The lowest BCUT2D eigenvalue weighted by Gasteiger charge is -2.35. The van der Waals surface area contributed by atoms with Crippen LogP contribution >= 0.6 is 0 Å². The molecule has 1 aliphatic rings. The number of aliphatic carboxylic acids is 1. The molecule has 2 atom stereocenters. The molecule has 1 heterocycles. The summed E-state index contributed by atoms with van der Waals surface area (Å²) in [6.07, 6.45) is 0.441. The van der Waals surface area contributed by atoms with Gasteiger partial charge in [-0.15, -0.1) is 0 Å². The molecule has 1 fully saturated rings. The van der Waals surface area contributed by atoms with Gasteiger partial charge in [0.2, 0.25) is 0 Å². The quantitative estimate of drug-likeness (QED) is 0.903. The van der Waals surface area contributed by atoms with Crippen LogP contribution in [0.5, 0.6) is 0 Å². The molecule has 1 saturated heterocycles. The highest BCUT2D eigenvalue weighted by atomic mass is 19.1. The Morgan fingerprint density at radius 3 is 2.70 bits per heavy atom. The maximum atomic E-state index is 13.5. The fourth-order valence-electron chi connectivity index (χ4n) is 2.71. The summed E-state index contributed by atoms with van der Waals surface area (Å²) < 4.78 is 13.5. The van der Waals surface area contributed by atoms with Gasteiger partial charge >= 0.3 is 5.97 Å². The summed E-state index contributed by atoms with van der Waals surface area (Å²) in [5, 5.41) is 9.08. The lowest BCUT2D eigenvalue weighted by Crippen LogP contribution is -2.45. The van der Waals surface area contributed by atoms with Crippen molar-refractivity contribution in [2.24, 2.45) is 11.8 Å². The highest BCUT2D eigenvalue weighted by Crippen LogP contribution is 2.25. The third-order valence-corrected chi connectivity index (χ3v) is 4.01. The van der Waals surface area contributed by atoms with Gasteiger partial charge in [-0.2, -0.15) is 0 Å². The minimum atomic E-state index is -0.813. The fraction of sp³-hybridized carbons (Fsp3) is 0.467. The first kappa shape index (κ1) is 14.5. The zero-order valence-corrected chi connectivity index (χ0v) is 11.6. The first-order valence-corrected chi connectivity index (χ1v) is 6.69. The first-order valence-electron chi connectivity index (χ1n) is 6.69. The van der Waals surface area contributed by atoms with Gasteiger partial charge in [-0.25, -0.2) is 4.39 Å². The molecule has 1 aliphatic heterocycles. The summed E-state index contributed by atoms with van der Waals surface area (Å²) in [5.41, 5.74) is 0.691. The van der Waals surface area contributed by atoms with Crippen molar-refractivity contribution in [3.63, 3.8) is 0 Å². The van der Waals surface area contributed by atoms with Crippen molar-refractivity contribution in [3.05, 3.63) is 35.1 Å². The van der Waals surface area contributed by atoms with Crippen LogP contribution in [0.2, 0.25) is 0 Å². The van der Waals surface area contributed by atoms with Crippen molar-refractivity contribution in [1.29, 1.82) is 0 Å². The van der Waals surface area contributed by atoms with Crippen LogP contribution in [0.15, 0.2) is 18.2 Å². The molecular formula is C15H18FNO3. The Balaban J connectivity index is 2.15. The van der Waals surface area contributed by atoms with Crippen LogP contribution in [0.3, 0.4) is 0 Å². The monoisotopic (exact) mass is 279 g/mol. The molecule has 1 N–H and O–H groups in total. The van der Waals surface area contributed by atoms with Crippen molar-refractivity contribution in [2.45, 2.75) is 20.3 Å². The smallest absolute Gasteiger partial charge is 0.306 e. The van der Waals surface area contributed by atoms with E-state index < -0.39 is 17.7 Å². The highest BCUT2D eigenvalue weighted by Gasteiger charge is 2.33. The molecule has 0 bridgehead atoms. The van der Waals surface area contributed by atoms with E-state index in [9.17, 15) is 14.0 Å².